The number of benzene rings is 2. The van der Waals surface area contributed by atoms with Gasteiger partial charge >= 0.3 is 6.18 Å². The average Bonchev–Trinajstić information content (AvgIpc) is 3.17. The molecule has 0 aromatic heterocycles. The molecule has 3 rings (SSSR count). The van der Waals surface area contributed by atoms with Crippen LogP contribution in [0.4, 0.5) is 13.2 Å². The highest BCUT2D eigenvalue weighted by Gasteiger charge is 2.28. The first-order valence-electron chi connectivity index (χ1n) is 8.53. The van der Waals surface area contributed by atoms with E-state index in [-0.39, 0.29) is 25.6 Å². The summed E-state index contributed by atoms with van der Waals surface area (Å²) in [6.45, 7) is -1.36. The zero-order valence-corrected chi connectivity index (χ0v) is 15.0. The molecule has 1 heterocycles. The van der Waals surface area contributed by atoms with Gasteiger partial charge in [-0.15, -0.1) is 0 Å². The van der Waals surface area contributed by atoms with Crippen LogP contribution in [0.25, 0.3) is 0 Å². The largest absolute Gasteiger partial charge is 0.484 e. The molecule has 0 spiro atoms. The third-order valence-electron chi connectivity index (χ3n) is 3.86. The monoisotopic (exact) mass is 410 g/mol. The van der Waals surface area contributed by atoms with Crippen molar-refractivity contribution >= 4 is 11.8 Å². The maximum Gasteiger partial charge on any atom is 0.422 e. The van der Waals surface area contributed by atoms with Crippen LogP contribution in [0.1, 0.15) is 15.9 Å². The zero-order valence-electron chi connectivity index (χ0n) is 15.0. The van der Waals surface area contributed by atoms with Crippen molar-refractivity contribution < 1.29 is 37.0 Å². The van der Waals surface area contributed by atoms with Crippen molar-refractivity contribution in [3.63, 3.8) is 0 Å². The molecule has 29 heavy (non-hydrogen) atoms. The number of alkyl halides is 3. The summed E-state index contributed by atoms with van der Waals surface area (Å²) in [5.41, 5.74) is 0.997. The van der Waals surface area contributed by atoms with Crippen molar-refractivity contribution in [2.45, 2.75) is 12.7 Å². The van der Waals surface area contributed by atoms with E-state index in [4.69, 9.17) is 9.47 Å². The molecule has 0 unspecified atom stereocenters. The van der Waals surface area contributed by atoms with Crippen molar-refractivity contribution in [1.29, 1.82) is 0 Å². The van der Waals surface area contributed by atoms with E-state index in [1.807, 2.05) is 0 Å². The van der Waals surface area contributed by atoms with Gasteiger partial charge in [0.05, 0.1) is 6.54 Å². The van der Waals surface area contributed by atoms with Crippen LogP contribution in [0.3, 0.4) is 0 Å². The van der Waals surface area contributed by atoms with E-state index in [1.54, 1.807) is 12.1 Å². The van der Waals surface area contributed by atoms with Crippen LogP contribution >= 0.6 is 0 Å². The van der Waals surface area contributed by atoms with Gasteiger partial charge in [0.15, 0.2) is 18.1 Å². The summed E-state index contributed by atoms with van der Waals surface area (Å²) in [6.07, 6.45) is -4.41. The number of ether oxygens (including phenoxy) is 3. The molecule has 0 fully saturated rings. The molecule has 7 nitrogen and oxygen atoms in total. The lowest BCUT2D eigenvalue weighted by molar-refractivity contribution is -0.153. The summed E-state index contributed by atoms with van der Waals surface area (Å²) < 4.78 is 51.3. The van der Waals surface area contributed by atoms with Crippen molar-refractivity contribution in [2.75, 3.05) is 19.9 Å². The second-order valence-corrected chi connectivity index (χ2v) is 6.08. The Morgan fingerprint density at radius 1 is 1.00 bits per heavy atom. The Morgan fingerprint density at radius 2 is 1.72 bits per heavy atom. The molecule has 0 aliphatic carbocycles. The predicted molar refractivity (Wildman–Crippen MR) is 94.7 cm³/mol. The van der Waals surface area contributed by atoms with Gasteiger partial charge in [-0.25, -0.2) is 0 Å². The molecule has 0 atom stereocenters. The lowest BCUT2D eigenvalue weighted by Gasteiger charge is -2.10. The molecule has 2 aromatic carbocycles. The van der Waals surface area contributed by atoms with Gasteiger partial charge < -0.3 is 24.8 Å². The van der Waals surface area contributed by atoms with E-state index in [0.717, 1.165) is 0 Å². The van der Waals surface area contributed by atoms with Crippen LogP contribution in [0.2, 0.25) is 0 Å². The summed E-state index contributed by atoms with van der Waals surface area (Å²) in [5, 5.41) is 5.10. The molecule has 1 aliphatic heterocycles. The maximum absolute atomic E-state index is 12.1. The fourth-order valence-electron chi connectivity index (χ4n) is 2.43. The van der Waals surface area contributed by atoms with E-state index >= 15 is 0 Å². The summed E-state index contributed by atoms with van der Waals surface area (Å²) in [6, 6.07) is 10.5. The first-order valence-corrected chi connectivity index (χ1v) is 8.53. The minimum Gasteiger partial charge on any atom is -0.484 e. The Kier molecular flexibility index (Phi) is 6.10. The van der Waals surface area contributed by atoms with E-state index in [0.29, 0.717) is 22.6 Å². The topological polar surface area (TPSA) is 85.9 Å². The highest BCUT2D eigenvalue weighted by molar-refractivity contribution is 5.97. The molecule has 0 saturated carbocycles. The number of carbonyl (C=O) groups is 2. The highest BCUT2D eigenvalue weighted by Crippen LogP contribution is 2.32. The third-order valence-corrected chi connectivity index (χ3v) is 3.86. The van der Waals surface area contributed by atoms with Crippen LogP contribution in [0.15, 0.2) is 42.5 Å². The summed E-state index contributed by atoms with van der Waals surface area (Å²) in [7, 11) is 0. The second-order valence-electron chi connectivity index (χ2n) is 6.08. The standard InChI is InChI=1S/C19H17F3N2O5/c20-19(21,22)10-27-14-4-1-12(2-5-14)8-23-17(25)9-24-18(26)13-3-6-15-16(7-13)29-11-28-15/h1-7H,8-11H2,(H,23,25)(H,24,26). The van der Waals surface area contributed by atoms with E-state index in [1.165, 1.54) is 30.3 Å². The number of fused-ring (bicyclic) bond motifs is 1. The molecule has 2 amide bonds. The van der Waals surface area contributed by atoms with Crippen LogP contribution in [-0.2, 0) is 11.3 Å². The Hall–Kier alpha value is -3.43. The van der Waals surface area contributed by atoms with Crippen molar-refractivity contribution in [3.05, 3.63) is 53.6 Å². The number of amides is 2. The SMILES string of the molecule is O=C(CNC(=O)c1ccc2c(c1)OCO2)NCc1ccc(OCC(F)(F)F)cc1. The van der Waals surface area contributed by atoms with E-state index in [9.17, 15) is 22.8 Å². The molecular weight excluding hydrogens is 393 g/mol. The first-order chi connectivity index (χ1) is 13.8. The Labute approximate surface area is 163 Å². The molecule has 2 N–H and O–H groups in total. The van der Waals surface area contributed by atoms with Crippen LogP contribution in [0.5, 0.6) is 17.2 Å². The number of carbonyl (C=O) groups excluding carboxylic acids is 2. The third kappa shape index (κ3) is 6.03. The quantitative estimate of drug-likeness (QED) is 0.732. The molecule has 10 heteroatoms. The fourth-order valence-corrected chi connectivity index (χ4v) is 2.43. The predicted octanol–water partition coefficient (Wildman–Crippen LogP) is 2.40. The molecule has 154 valence electrons. The van der Waals surface area contributed by atoms with Gasteiger partial charge in [0.25, 0.3) is 5.91 Å². The number of rotatable bonds is 7. The van der Waals surface area contributed by atoms with E-state index in [2.05, 4.69) is 15.4 Å². The molecule has 0 bridgehead atoms. The van der Waals surface area contributed by atoms with Gasteiger partial charge in [0, 0.05) is 12.1 Å². The minimum absolute atomic E-state index is 0.0772. The lowest BCUT2D eigenvalue weighted by atomic mass is 10.2. The first kappa shape index (κ1) is 20.3. The molecule has 0 saturated heterocycles. The smallest absolute Gasteiger partial charge is 0.422 e. The van der Waals surface area contributed by atoms with Crippen LogP contribution in [0, 0.1) is 0 Å². The number of halogens is 3. The van der Waals surface area contributed by atoms with Gasteiger partial charge in [-0.1, -0.05) is 12.1 Å². The number of hydrogen-bond donors (Lipinski definition) is 2. The summed E-state index contributed by atoms with van der Waals surface area (Å²) in [4.78, 5) is 24.0. The lowest BCUT2D eigenvalue weighted by Crippen LogP contribution is -2.36. The molecule has 2 aromatic rings. The molecule has 1 aliphatic rings. The Balaban J connectivity index is 1.41. The maximum atomic E-state index is 12.1. The Bertz CT molecular complexity index is 884. The van der Waals surface area contributed by atoms with Crippen LogP contribution < -0.4 is 24.8 Å². The average molecular weight is 410 g/mol. The summed E-state index contributed by atoms with van der Waals surface area (Å²) >= 11 is 0. The zero-order chi connectivity index (χ0) is 20.9. The van der Waals surface area contributed by atoms with Crippen molar-refractivity contribution in [2.24, 2.45) is 0 Å². The number of nitrogens with one attached hydrogen (secondary N) is 2. The van der Waals surface area contributed by atoms with Crippen LogP contribution in [-0.4, -0.2) is 37.9 Å². The Morgan fingerprint density at radius 3 is 2.45 bits per heavy atom. The van der Waals surface area contributed by atoms with Gasteiger partial charge in [-0.05, 0) is 35.9 Å². The van der Waals surface area contributed by atoms with E-state index < -0.39 is 24.6 Å². The van der Waals surface area contributed by atoms with Gasteiger partial charge in [-0.3, -0.25) is 9.59 Å². The van der Waals surface area contributed by atoms with Gasteiger partial charge in [0.1, 0.15) is 5.75 Å². The second kappa shape index (κ2) is 8.72. The highest BCUT2D eigenvalue weighted by atomic mass is 19.4. The van der Waals surface area contributed by atoms with Crippen molar-refractivity contribution in [3.8, 4) is 17.2 Å². The normalized spacial score (nSPS) is 12.4. The minimum atomic E-state index is -4.41. The number of hydrogen-bond acceptors (Lipinski definition) is 5. The summed E-state index contributed by atoms with van der Waals surface area (Å²) in [5.74, 6) is 0.230. The van der Waals surface area contributed by atoms with Gasteiger partial charge in [0.2, 0.25) is 12.7 Å². The molecule has 0 radical (unpaired) electrons. The fraction of sp³-hybridized carbons (Fsp3) is 0.263. The van der Waals surface area contributed by atoms with Gasteiger partial charge in [-0.2, -0.15) is 13.2 Å². The molecular formula is C19H17F3N2O5. The van der Waals surface area contributed by atoms with Crippen molar-refractivity contribution in [1.82, 2.24) is 10.6 Å².